The van der Waals surface area contributed by atoms with Crippen LogP contribution in [0.1, 0.15) is 16.1 Å². The van der Waals surface area contributed by atoms with Gasteiger partial charge in [-0.15, -0.1) is 0 Å². The summed E-state index contributed by atoms with van der Waals surface area (Å²) in [5.74, 6) is -0.446. The second-order valence-electron chi connectivity index (χ2n) is 4.98. The Morgan fingerprint density at radius 1 is 1.17 bits per heavy atom. The Morgan fingerprint density at radius 2 is 1.88 bits per heavy atom. The highest BCUT2D eigenvalue weighted by Gasteiger charge is 2.22. The van der Waals surface area contributed by atoms with Crippen LogP contribution in [-0.4, -0.2) is 18.0 Å². The normalized spacial score (nSPS) is 10.7. The number of nitrogens with zero attached hydrogens (tertiary/aromatic N) is 1. The molecule has 7 heteroatoms. The van der Waals surface area contributed by atoms with Crippen LogP contribution in [0.2, 0.25) is 0 Å². The Morgan fingerprint density at radius 3 is 2.54 bits per heavy atom. The highest BCUT2D eigenvalue weighted by molar-refractivity contribution is 5.97. The van der Waals surface area contributed by atoms with Crippen LogP contribution >= 0.6 is 0 Å². The number of esters is 1. The van der Waals surface area contributed by atoms with E-state index in [1.807, 2.05) is 12.1 Å². The Kier molecular flexibility index (Phi) is 4.26. The molecule has 3 rings (SSSR count). The van der Waals surface area contributed by atoms with Gasteiger partial charge < -0.3 is 13.9 Å². The van der Waals surface area contributed by atoms with E-state index in [2.05, 4.69) is 0 Å². The maximum atomic E-state index is 12.4. The number of carbonyl (C=O) groups is 1. The van der Waals surface area contributed by atoms with Crippen LogP contribution in [0.25, 0.3) is 11.0 Å². The molecule has 0 aliphatic carbocycles. The van der Waals surface area contributed by atoms with Crippen LogP contribution in [-0.2, 0) is 11.3 Å². The smallest absolute Gasteiger partial charge is 0.380 e. The Bertz CT molecular complexity index is 897. The van der Waals surface area contributed by atoms with E-state index < -0.39 is 10.9 Å². The number of carbonyl (C=O) groups excluding carboxylic acids is 1. The van der Waals surface area contributed by atoms with E-state index in [4.69, 9.17) is 13.9 Å². The number of methoxy groups -OCH3 is 1. The molecule has 3 aromatic rings. The maximum absolute atomic E-state index is 12.4. The number of benzene rings is 2. The largest absolute Gasteiger partial charge is 0.449 e. The lowest BCUT2D eigenvalue weighted by atomic mass is 10.1. The lowest BCUT2D eigenvalue weighted by Crippen LogP contribution is -2.10. The number of non-ortho nitro benzene ring substituents is 1. The molecule has 0 aliphatic rings. The van der Waals surface area contributed by atoms with Crippen LogP contribution in [0.15, 0.2) is 52.9 Å². The standard InChI is InChI=1S/C17H13NO6/c1-22-10-14-13-4-2-3-5-15(13)24-16(14)17(19)23-12-8-6-11(7-9-12)18(20)21/h2-9H,10H2,1H3. The summed E-state index contributed by atoms with van der Waals surface area (Å²) in [5, 5.41) is 11.4. The predicted octanol–water partition coefficient (Wildman–Crippen LogP) is 3.71. The van der Waals surface area contributed by atoms with E-state index >= 15 is 0 Å². The zero-order valence-electron chi connectivity index (χ0n) is 12.7. The van der Waals surface area contributed by atoms with Gasteiger partial charge in [0.15, 0.2) is 0 Å². The minimum atomic E-state index is -0.688. The third-order valence-corrected chi connectivity index (χ3v) is 3.43. The third kappa shape index (κ3) is 2.97. The second kappa shape index (κ2) is 6.51. The van der Waals surface area contributed by atoms with Crippen LogP contribution in [0.4, 0.5) is 5.69 Å². The molecular weight excluding hydrogens is 314 g/mol. The van der Waals surface area contributed by atoms with Crippen LogP contribution in [0, 0.1) is 10.1 Å². The first kappa shape index (κ1) is 15.7. The molecule has 0 amide bonds. The van der Waals surface area contributed by atoms with Crippen molar-refractivity contribution in [2.24, 2.45) is 0 Å². The van der Waals surface area contributed by atoms with Gasteiger partial charge in [-0.05, 0) is 18.2 Å². The van der Waals surface area contributed by atoms with Crippen molar-refractivity contribution >= 4 is 22.6 Å². The minimum Gasteiger partial charge on any atom is -0.449 e. The van der Waals surface area contributed by atoms with E-state index in [1.54, 1.807) is 12.1 Å². The van der Waals surface area contributed by atoms with E-state index in [1.165, 1.54) is 31.4 Å². The van der Waals surface area contributed by atoms with Crippen LogP contribution in [0.5, 0.6) is 5.75 Å². The fourth-order valence-electron chi connectivity index (χ4n) is 2.34. The summed E-state index contributed by atoms with van der Waals surface area (Å²) in [5.41, 5.74) is 1.07. The molecule has 0 saturated heterocycles. The van der Waals surface area contributed by atoms with Crippen molar-refractivity contribution in [3.63, 3.8) is 0 Å². The molecular formula is C17H13NO6. The minimum absolute atomic E-state index is 0.0522. The lowest BCUT2D eigenvalue weighted by Gasteiger charge is -2.04. The molecule has 7 nitrogen and oxygen atoms in total. The topological polar surface area (TPSA) is 91.8 Å². The molecule has 0 radical (unpaired) electrons. The van der Waals surface area contributed by atoms with Crippen molar-refractivity contribution in [1.29, 1.82) is 0 Å². The summed E-state index contributed by atoms with van der Waals surface area (Å²) in [4.78, 5) is 22.5. The molecule has 0 unspecified atom stereocenters. The number of fused-ring (bicyclic) bond motifs is 1. The van der Waals surface area contributed by atoms with Gasteiger partial charge in [-0.1, -0.05) is 18.2 Å². The van der Waals surface area contributed by atoms with Crippen molar-refractivity contribution in [2.45, 2.75) is 6.61 Å². The van der Waals surface area contributed by atoms with Gasteiger partial charge in [-0.3, -0.25) is 10.1 Å². The number of nitro benzene ring substituents is 1. The van der Waals surface area contributed by atoms with Crippen LogP contribution in [0.3, 0.4) is 0 Å². The van der Waals surface area contributed by atoms with Gasteiger partial charge in [0.25, 0.3) is 5.69 Å². The highest BCUT2D eigenvalue weighted by Crippen LogP contribution is 2.28. The van der Waals surface area contributed by atoms with Gasteiger partial charge in [0.2, 0.25) is 5.76 Å². The Balaban J connectivity index is 1.90. The highest BCUT2D eigenvalue weighted by atomic mass is 16.6. The van der Waals surface area contributed by atoms with Crippen LogP contribution < -0.4 is 4.74 Å². The number of ether oxygens (including phenoxy) is 2. The average molecular weight is 327 g/mol. The van der Waals surface area contributed by atoms with E-state index in [0.29, 0.717) is 11.1 Å². The van der Waals surface area contributed by atoms with Gasteiger partial charge in [0, 0.05) is 30.2 Å². The summed E-state index contributed by atoms with van der Waals surface area (Å²) >= 11 is 0. The van der Waals surface area contributed by atoms with Crippen molar-refractivity contribution < 1.29 is 23.6 Å². The molecule has 0 aliphatic heterocycles. The molecule has 1 aromatic heterocycles. The van der Waals surface area contributed by atoms with E-state index in [9.17, 15) is 14.9 Å². The summed E-state index contributed by atoms with van der Waals surface area (Å²) in [6, 6.07) is 12.4. The van der Waals surface area contributed by atoms with Crippen molar-refractivity contribution in [2.75, 3.05) is 7.11 Å². The van der Waals surface area contributed by atoms with E-state index in [0.717, 1.165) is 5.39 Å². The van der Waals surface area contributed by atoms with Gasteiger partial charge in [0.1, 0.15) is 11.3 Å². The number of hydrogen-bond donors (Lipinski definition) is 0. The number of para-hydroxylation sites is 1. The van der Waals surface area contributed by atoms with Gasteiger partial charge >= 0.3 is 5.97 Å². The van der Waals surface area contributed by atoms with Crippen molar-refractivity contribution in [3.8, 4) is 5.75 Å². The van der Waals surface area contributed by atoms with E-state index in [-0.39, 0.29) is 23.8 Å². The first-order valence-corrected chi connectivity index (χ1v) is 7.06. The zero-order valence-corrected chi connectivity index (χ0v) is 12.7. The van der Waals surface area contributed by atoms with Crippen molar-refractivity contribution in [1.82, 2.24) is 0 Å². The average Bonchev–Trinajstić information content (AvgIpc) is 2.95. The molecule has 0 N–H and O–H groups in total. The summed E-state index contributed by atoms with van der Waals surface area (Å²) in [6.45, 7) is 0.196. The predicted molar refractivity (Wildman–Crippen MR) is 85.0 cm³/mol. The first-order chi connectivity index (χ1) is 11.6. The monoisotopic (exact) mass is 327 g/mol. The number of rotatable bonds is 5. The first-order valence-electron chi connectivity index (χ1n) is 7.06. The number of nitro groups is 1. The van der Waals surface area contributed by atoms with Gasteiger partial charge in [-0.2, -0.15) is 0 Å². The molecule has 0 atom stereocenters. The summed E-state index contributed by atoms with van der Waals surface area (Å²) in [7, 11) is 1.52. The fraction of sp³-hybridized carbons (Fsp3) is 0.118. The molecule has 0 spiro atoms. The quantitative estimate of drug-likeness (QED) is 0.307. The second-order valence-corrected chi connectivity index (χ2v) is 4.98. The zero-order chi connectivity index (χ0) is 17.1. The molecule has 122 valence electrons. The summed E-state index contributed by atoms with van der Waals surface area (Å²) in [6.07, 6.45) is 0. The van der Waals surface area contributed by atoms with Gasteiger partial charge in [0.05, 0.1) is 11.5 Å². The lowest BCUT2D eigenvalue weighted by molar-refractivity contribution is -0.384. The third-order valence-electron chi connectivity index (χ3n) is 3.43. The number of hydrogen-bond acceptors (Lipinski definition) is 6. The molecule has 2 aromatic carbocycles. The fourth-order valence-corrected chi connectivity index (χ4v) is 2.34. The molecule has 1 heterocycles. The Hall–Kier alpha value is -3.19. The summed E-state index contributed by atoms with van der Waals surface area (Å²) < 4.78 is 16.0. The number of furan rings is 1. The Labute approximate surface area is 136 Å². The van der Waals surface area contributed by atoms with Crippen molar-refractivity contribution in [3.05, 3.63) is 70.0 Å². The van der Waals surface area contributed by atoms with Gasteiger partial charge in [-0.25, -0.2) is 4.79 Å². The molecule has 24 heavy (non-hydrogen) atoms. The molecule has 0 fully saturated rings. The SMILES string of the molecule is COCc1c(C(=O)Oc2ccc([N+](=O)[O-])cc2)oc2ccccc12. The molecule has 0 bridgehead atoms. The molecule has 0 saturated carbocycles. The maximum Gasteiger partial charge on any atom is 0.380 e.